The van der Waals surface area contributed by atoms with Gasteiger partial charge in [-0.1, -0.05) is 34.1 Å². The molecule has 0 radical (unpaired) electrons. The number of thiocarbonyl (C=S) groups is 1. The SMILES string of the molecule is COc1ccc(NC(=O)C2C3NC(=S)N(c4ccccc4)C2(C)Oc2ccc(Br)cc23)cc1. The van der Waals surface area contributed by atoms with Crippen molar-refractivity contribution in [3.05, 3.63) is 82.8 Å². The molecule has 0 aliphatic carbocycles. The molecule has 3 atom stereocenters. The monoisotopic (exact) mass is 523 g/mol. The Kier molecular flexibility index (Phi) is 5.50. The van der Waals surface area contributed by atoms with Gasteiger partial charge in [-0.15, -0.1) is 0 Å². The fraction of sp³-hybridized carbons (Fsp3) is 0.200. The van der Waals surface area contributed by atoms with Gasteiger partial charge in [0.1, 0.15) is 17.4 Å². The summed E-state index contributed by atoms with van der Waals surface area (Å²) in [5, 5.41) is 6.98. The van der Waals surface area contributed by atoms with Crippen molar-refractivity contribution in [3.8, 4) is 11.5 Å². The number of para-hydroxylation sites is 1. The van der Waals surface area contributed by atoms with E-state index in [0.717, 1.165) is 27.2 Å². The quantitative estimate of drug-likeness (QED) is 0.455. The average Bonchev–Trinajstić information content (AvgIpc) is 2.80. The standard InChI is InChI=1S/C25H22BrN3O3S/c1-25-21(23(30)27-16-9-11-18(31-2)12-10-16)22(19-14-15(26)8-13-20(19)32-25)28-24(33)29(25)17-6-4-3-5-7-17/h3-14,21-22H,1-2H3,(H,27,30)(H,28,33). The van der Waals surface area contributed by atoms with Crippen molar-refractivity contribution in [1.29, 1.82) is 0 Å². The van der Waals surface area contributed by atoms with Gasteiger partial charge in [-0.2, -0.15) is 0 Å². The van der Waals surface area contributed by atoms with Crippen LogP contribution in [0, 0.1) is 5.92 Å². The van der Waals surface area contributed by atoms with E-state index in [9.17, 15) is 4.79 Å². The maximum absolute atomic E-state index is 13.8. The van der Waals surface area contributed by atoms with Gasteiger partial charge >= 0.3 is 0 Å². The van der Waals surface area contributed by atoms with Crippen LogP contribution in [-0.4, -0.2) is 23.9 Å². The lowest BCUT2D eigenvalue weighted by atomic mass is 9.78. The molecule has 0 aromatic heterocycles. The molecule has 1 fully saturated rings. The Morgan fingerprint density at radius 3 is 2.58 bits per heavy atom. The summed E-state index contributed by atoms with van der Waals surface area (Å²) in [5.74, 6) is 0.663. The zero-order valence-electron chi connectivity index (χ0n) is 18.0. The third kappa shape index (κ3) is 3.73. The molecule has 2 aliphatic heterocycles. The van der Waals surface area contributed by atoms with Crippen molar-refractivity contribution < 1.29 is 14.3 Å². The van der Waals surface area contributed by atoms with Crippen LogP contribution in [0.25, 0.3) is 0 Å². The molecule has 2 bridgehead atoms. The number of rotatable bonds is 4. The van der Waals surface area contributed by atoms with E-state index in [-0.39, 0.29) is 11.9 Å². The highest BCUT2D eigenvalue weighted by Crippen LogP contribution is 2.50. The predicted octanol–water partition coefficient (Wildman–Crippen LogP) is 5.26. The summed E-state index contributed by atoms with van der Waals surface area (Å²) in [6.07, 6.45) is 0. The molecule has 2 N–H and O–H groups in total. The molecule has 3 aromatic rings. The van der Waals surface area contributed by atoms with E-state index in [0.29, 0.717) is 10.8 Å². The predicted molar refractivity (Wildman–Crippen MR) is 136 cm³/mol. The number of anilines is 2. The molecule has 1 saturated heterocycles. The minimum atomic E-state index is -1.05. The van der Waals surface area contributed by atoms with Crippen LogP contribution < -0.4 is 25.0 Å². The molecule has 3 unspecified atom stereocenters. The molecule has 6 nitrogen and oxygen atoms in total. The van der Waals surface area contributed by atoms with Crippen LogP contribution in [0.4, 0.5) is 11.4 Å². The molecule has 168 valence electrons. The normalized spacial score (nSPS) is 23.1. The van der Waals surface area contributed by atoms with Gasteiger partial charge in [0.2, 0.25) is 5.91 Å². The van der Waals surface area contributed by atoms with Crippen molar-refractivity contribution in [2.24, 2.45) is 5.92 Å². The van der Waals surface area contributed by atoms with Crippen LogP contribution in [0.5, 0.6) is 11.5 Å². The molecule has 2 aliphatic rings. The highest BCUT2D eigenvalue weighted by molar-refractivity contribution is 9.10. The summed E-state index contributed by atoms with van der Waals surface area (Å²) in [6, 6.07) is 22.4. The first-order valence-electron chi connectivity index (χ1n) is 10.5. The van der Waals surface area contributed by atoms with Gasteiger partial charge in [-0.05, 0) is 73.7 Å². The van der Waals surface area contributed by atoms with E-state index in [1.54, 1.807) is 7.11 Å². The van der Waals surface area contributed by atoms with Crippen LogP contribution in [-0.2, 0) is 4.79 Å². The summed E-state index contributed by atoms with van der Waals surface area (Å²) in [6.45, 7) is 1.92. The van der Waals surface area contributed by atoms with Gasteiger partial charge in [0.25, 0.3) is 0 Å². The van der Waals surface area contributed by atoms with Crippen molar-refractivity contribution in [2.75, 3.05) is 17.3 Å². The molecule has 8 heteroatoms. The van der Waals surface area contributed by atoms with E-state index >= 15 is 0 Å². The Morgan fingerprint density at radius 1 is 1.15 bits per heavy atom. The van der Waals surface area contributed by atoms with Crippen LogP contribution in [0.1, 0.15) is 18.5 Å². The van der Waals surface area contributed by atoms with Crippen LogP contribution in [0.2, 0.25) is 0 Å². The number of fused-ring (bicyclic) bond motifs is 4. The Morgan fingerprint density at radius 2 is 1.88 bits per heavy atom. The maximum atomic E-state index is 13.8. The first kappa shape index (κ1) is 21.7. The third-order valence-corrected chi connectivity index (χ3v) is 6.91. The topological polar surface area (TPSA) is 62.8 Å². The number of hydrogen-bond acceptors (Lipinski definition) is 4. The van der Waals surface area contributed by atoms with Gasteiger partial charge in [0.15, 0.2) is 10.8 Å². The lowest BCUT2D eigenvalue weighted by Crippen LogP contribution is -2.72. The Bertz CT molecular complexity index is 1220. The fourth-order valence-electron chi connectivity index (χ4n) is 4.61. The van der Waals surface area contributed by atoms with E-state index in [1.165, 1.54) is 0 Å². The molecule has 2 heterocycles. The second-order valence-electron chi connectivity index (χ2n) is 8.13. The van der Waals surface area contributed by atoms with Crippen molar-refractivity contribution >= 4 is 50.5 Å². The van der Waals surface area contributed by atoms with Gasteiger partial charge < -0.3 is 20.1 Å². The van der Waals surface area contributed by atoms with Gasteiger partial charge in [0.05, 0.1) is 13.2 Å². The number of amides is 1. The van der Waals surface area contributed by atoms with Crippen LogP contribution in [0.3, 0.4) is 0 Å². The molecule has 3 aromatic carbocycles. The highest BCUT2D eigenvalue weighted by atomic mass is 79.9. The largest absolute Gasteiger partial charge is 0.497 e. The highest BCUT2D eigenvalue weighted by Gasteiger charge is 2.59. The van der Waals surface area contributed by atoms with E-state index < -0.39 is 11.6 Å². The zero-order valence-corrected chi connectivity index (χ0v) is 20.4. The minimum absolute atomic E-state index is 0.172. The Balaban J connectivity index is 1.59. The Hall–Kier alpha value is -3.10. The van der Waals surface area contributed by atoms with Crippen molar-refractivity contribution in [3.63, 3.8) is 0 Å². The first-order valence-corrected chi connectivity index (χ1v) is 11.7. The average molecular weight is 524 g/mol. The molecule has 0 saturated carbocycles. The fourth-order valence-corrected chi connectivity index (χ4v) is 5.41. The summed E-state index contributed by atoms with van der Waals surface area (Å²) >= 11 is 9.31. The van der Waals surface area contributed by atoms with E-state index in [1.807, 2.05) is 84.6 Å². The molecule has 5 rings (SSSR count). The number of benzene rings is 3. The van der Waals surface area contributed by atoms with E-state index in [2.05, 4.69) is 26.6 Å². The molecular weight excluding hydrogens is 502 g/mol. The number of nitrogens with zero attached hydrogens (tertiary/aromatic N) is 1. The van der Waals surface area contributed by atoms with Crippen LogP contribution >= 0.6 is 28.1 Å². The number of hydrogen-bond donors (Lipinski definition) is 2. The van der Waals surface area contributed by atoms with Gasteiger partial charge in [-0.3, -0.25) is 9.69 Å². The van der Waals surface area contributed by atoms with Crippen molar-refractivity contribution in [2.45, 2.75) is 18.7 Å². The second-order valence-corrected chi connectivity index (χ2v) is 9.43. The minimum Gasteiger partial charge on any atom is -0.497 e. The van der Waals surface area contributed by atoms with Gasteiger partial charge in [-0.25, -0.2) is 0 Å². The number of carbonyl (C=O) groups excluding carboxylic acids is 1. The molecule has 1 amide bonds. The van der Waals surface area contributed by atoms with Crippen molar-refractivity contribution in [1.82, 2.24) is 5.32 Å². The number of nitrogens with one attached hydrogen (secondary N) is 2. The smallest absolute Gasteiger partial charge is 0.236 e. The zero-order chi connectivity index (χ0) is 23.2. The third-order valence-electron chi connectivity index (χ3n) is 6.11. The number of carbonyl (C=O) groups is 1. The lowest BCUT2D eigenvalue weighted by Gasteiger charge is -2.56. The number of methoxy groups -OCH3 is 1. The lowest BCUT2D eigenvalue weighted by molar-refractivity contribution is -0.130. The summed E-state index contributed by atoms with van der Waals surface area (Å²) in [7, 11) is 1.61. The van der Waals surface area contributed by atoms with Gasteiger partial charge in [0, 0.05) is 21.4 Å². The molecular formula is C25H22BrN3O3S. The summed E-state index contributed by atoms with van der Waals surface area (Å²) in [5.41, 5.74) is 1.35. The second kappa shape index (κ2) is 8.35. The molecule has 33 heavy (non-hydrogen) atoms. The van der Waals surface area contributed by atoms with Crippen LogP contribution in [0.15, 0.2) is 77.3 Å². The number of halogens is 1. The Labute approximate surface area is 206 Å². The summed E-state index contributed by atoms with van der Waals surface area (Å²) in [4.78, 5) is 15.7. The molecule has 0 spiro atoms. The number of ether oxygens (including phenoxy) is 2. The maximum Gasteiger partial charge on any atom is 0.236 e. The first-order chi connectivity index (χ1) is 15.9. The van der Waals surface area contributed by atoms with E-state index in [4.69, 9.17) is 21.7 Å². The summed E-state index contributed by atoms with van der Waals surface area (Å²) < 4.78 is 12.7.